The molecule has 0 aromatic carbocycles. The van der Waals surface area contributed by atoms with Crippen molar-refractivity contribution < 1.29 is 24.3 Å². The average Bonchev–Trinajstić information content (AvgIpc) is 2.74. The zero-order chi connectivity index (χ0) is 24.8. The summed E-state index contributed by atoms with van der Waals surface area (Å²) < 4.78 is 0. The Balaban J connectivity index is 5.30. The first-order chi connectivity index (χ1) is 15.0. The van der Waals surface area contributed by atoms with Gasteiger partial charge in [0.2, 0.25) is 17.7 Å². The molecule has 0 fully saturated rings. The van der Waals surface area contributed by atoms with Gasteiger partial charge in [-0.25, -0.2) is 4.79 Å². The zero-order valence-electron chi connectivity index (χ0n) is 19.6. The van der Waals surface area contributed by atoms with Crippen molar-refractivity contribution >= 4 is 36.3 Å². The Bertz CT molecular complexity index is 619. The second-order valence-electron chi connectivity index (χ2n) is 8.53. The quantitative estimate of drug-likeness (QED) is 0.121. The van der Waals surface area contributed by atoms with Crippen LogP contribution in [0.15, 0.2) is 0 Å². The van der Waals surface area contributed by atoms with E-state index in [1.165, 1.54) is 0 Å². The Labute approximate surface area is 196 Å². The van der Waals surface area contributed by atoms with E-state index in [4.69, 9.17) is 11.5 Å². The molecular formula is C21H41N5O5S. The number of hydrogen-bond donors (Lipinski definition) is 7. The van der Waals surface area contributed by atoms with E-state index in [1.54, 1.807) is 0 Å². The summed E-state index contributed by atoms with van der Waals surface area (Å²) in [6.07, 6.45) is 2.45. The smallest absolute Gasteiger partial charge is 0.326 e. The molecule has 186 valence electrons. The van der Waals surface area contributed by atoms with E-state index in [0.717, 1.165) is 0 Å². The second kappa shape index (κ2) is 15.9. The summed E-state index contributed by atoms with van der Waals surface area (Å²) in [6, 6.07) is -3.79. The van der Waals surface area contributed by atoms with Crippen LogP contribution in [0.1, 0.15) is 59.8 Å². The van der Waals surface area contributed by atoms with Gasteiger partial charge in [-0.3, -0.25) is 14.4 Å². The van der Waals surface area contributed by atoms with Crippen LogP contribution in [0.2, 0.25) is 0 Å². The molecule has 0 rings (SSSR count). The van der Waals surface area contributed by atoms with E-state index in [0.29, 0.717) is 25.8 Å². The maximum Gasteiger partial charge on any atom is 0.326 e. The molecule has 0 aliphatic heterocycles. The minimum Gasteiger partial charge on any atom is -0.480 e. The highest BCUT2D eigenvalue weighted by Gasteiger charge is 2.30. The largest absolute Gasteiger partial charge is 0.480 e. The van der Waals surface area contributed by atoms with Gasteiger partial charge < -0.3 is 32.5 Å². The predicted octanol–water partition coefficient (Wildman–Crippen LogP) is 0.00370. The van der Waals surface area contributed by atoms with Crippen LogP contribution in [0.3, 0.4) is 0 Å². The van der Waals surface area contributed by atoms with Crippen molar-refractivity contribution in [2.75, 3.05) is 12.3 Å². The number of unbranched alkanes of at least 4 members (excludes halogenated alkanes) is 1. The molecule has 0 aromatic rings. The summed E-state index contributed by atoms with van der Waals surface area (Å²) in [6.45, 7) is 7.89. The molecule has 0 saturated heterocycles. The monoisotopic (exact) mass is 475 g/mol. The molecule has 0 heterocycles. The van der Waals surface area contributed by atoms with Crippen molar-refractivity contribution in [3.8, 4) is 0 Å². The third-order valence-corrected chi connectivity index (χ3v) is 5.64. The first-order valence-corrected chi connectivity index (χ1v) is 11.8. The predicted molar refractivity (Wildman–Crippen MR) is 127 cm³/mol. The molecule has 0 radical (unpaired) electrons. The number of carbonyl (C=O) groups excluding carboxylic acids is 3. The minimum atomic E-state index is -1.14. The van der Waals surface area contributed by atoms with Crippen molar-refractivity contribution in [1.29, 1.82) is 0 Å². The summed E-state index contributed by atoms with van der Waals surface area (Å²) in [5, 5.41) is 17.1. The highest BCUT2D eigenvalue weighted by atomic mass is 32.1. The number of thiol groups is 1. The standard InChI is InChI=1S/C21H41N5O5S/c1-5-13(4)17(23)20(29)26-16(11-32)19(28)24-14(8-6-7-9-22)18(27)25-15(21(30)31)10-12(2)3/h12-17,32H,5-11,22-23H2,1-4H3,(H,24,28)(H,25,27)(H,26,29)(H,30,31). The third kappa shape index (κ3) is 11.1. The van der Waals surface area contributed by atoms with Crippen LogP contribution in [-0.4, -0.2) is 65.3 Å². The van der Waals surface area contributed by atoms with Crippen LogP contribution in [0, 0.1) is 11.8 Å². The number of rotatable bonds is 16. The molecule has 0 bridgehead atoms. The second-order valence-corrected chi connectivity index (χ2v) is 8.89. The maximum atomic E-state index is 12.8. The summed E-state index contributed by atoms with van der Waals surface area (Å²) in [5.41, 5.74) is 11.4. The van der Waals surface area contributed by atoms with Gasteiger partial charge in [0, 0.05) is 5.75 Å². The topological polar surface area (TPSA) is 177 Å². The number of nitrogens with one attached hydrogen (secondary N) is 3. The number of carbonyl (C=O) groups is 4. The molecule has 0 spiro atoms. The molecule has 3 amide bonds. The number of amides is 3. The van der Waals surface area contributed by atoms with Gasteiger partial charge >= 0.3 is 5.97 Å². The molecule has 32 heavy (non-hydrogen) atoms. The van der Waals surface area contributed by atoms with E-state index in [9.17, 15) is 24.3 Å². The van der Waals surface area contributed by atoms with Crippen molar-refractivity contribution in [3.05, 3.63) is 0 Å². The number of carboxylic acids is 1. The Morgan fingerprint density at radius 1 is 0.906 bits per heavy atom. The van der Waals surface area contributed by atoms with E-state index in [1.807, 2.05) is 27.7 Å². The van der Waals surface area contributed by atoms with Gasteiger partial charge in [-0.2, -0.15) is 12.6 Å². The van der Waals surface area contributed by atoms with Crippen LogP contribution >= 0.6 is 12.6 Å². The first-order valence-electron chi connectivity index (χ1n) is 11.2. The molecule has 5 atom stereocenters. The average molecular weight is 476 g/mol. The third-order valence-electron chi connectivity index (χ3n) is 5.28. The van der Waals surface area contributed by atoms with Gasteiger partial charge in [0.25, 0.3) is 0 Å². The lowest BCUT2D eigenvalue weighted by Gasteiger charge is -2.25. The van der Waals surface area contributed by atoms with Gasteiger partial charge in [-0.1, -0.05) is 34.1 Å². The molecule has 0 aliphatic rings. The lowest BCUT2D eigenvalue weighted by Crippen LogP contribution is -2.58. The van der Waals surface area contributed by atoms with Crippen LogP contribution in [0.5, 0.6) is 0 Å². The SMILES string of the molecule is CCC(C)C(N)C(=O)NC(CS)C(=O)NC(CCCCN)C(=O)NC(CC(C)C)C(=O)O. The summed E-state index contributed by atoms with van der Waals surface area (Å²) in [5.74, 6) is -2.80. The Morgan fingerprint density at radius 3 is 1.91 bits per heavy atom. The highest BCUT2D eigenvalue weighted by molar-refractivity contribution is 7.80. The molecule has 11 heteroatoms. The van der Waals surface area contributed by atoms with Crippen molar-refractivity contribution in [3.63, 3.8) is 0 Å². The van der Waals surface area contributed by atoms with E-state index in [-0.39, 0.29) is 30.4 Å². The van der Waals surface area contributed by atoms with Gasteiger partial charge in [0.1, 0.15) is 18.1 Å². The van der Waals surface area contributed by atoms with Crippen molar-refractivity contribution in [1.82, 2.24) is 16.0 Å². The highest BCUT2D eigenvalue weighted by Crippen LogP contribution is 2.09. The normalized spacial score (nSPS) is 15.9. The first kappa shape index (κ1) is 30.1. The minimum absolute atomic E-state index is 0.00698. The van der Waals surface area contributed by atoms with Crippen LogP contribution in [-0.2, 0) is 19.2 Å². The summed E-state index contributed by atoms with van der Waals surface area (Å²) in [7, 11) is 0. The molecule has 0 aliphatic carbocycles. The Morgan fingerprint density at radius 2 is 1.44 bits per heavy atom. The lowest BCUT2D eigenvalue weighted by molar-refractivity contribution is -0.142. The molecular weight excluding hydrogens is 434 g/mol. The number of aliphatic carboxylic acids is 1. The fourth-order valence-corrected chi connectivity index (χ4v) is 3.23. The zero-order valence-corrected chi connectivity index (χ0v) is 20.5. The van der Waals surface area contributed by atoms with Gasteiger partial charge in [0.05, 0.1) is 6.04 Å². The van der Waals surface area contributed by atoms with Gasteiger partial charge in [-0.05, 0) is 44.1 Å². The number of nitrogens with two attached hydrogens (primary N) is 2. The lowest BCUT2D eigenvalue weighted by atomic mass is 9.99. The molecule has 5 unspecified atom stereocenters. The molecule has 0 saturated carbocycles. The number of hydrogen-bond acceptors (Lipinski definition) is 7. The fraction of sp³-hybridized carbons (Fsp3) is 0.810. The van der Waals surface area contributed by atoms with Crippen LogP contribution < -0.4 is 27.4 Å². The Hall–Kier alpha value is -1.85. The van der Waals surface area contributed by atoms with Crippen molar-refractivity contribution in [2.45, 2.75) is 84.0 Å². The molecule has 10 nitrogen and oxygen atoms in total. The molecule has 0 aromatic heterocycles. The van der Waals surface area contributed by atoms with E-state index < -0.39 is 47.9 Å². The van der Waals surface area contributed by atoms with E-state index >= 15 is 0 Å². The van der Waals surface area contributed by atoms with Crippen molar-refractivity contribution in [2.24, 2.45) is 23.3 Å². The van der Waals surface area contributed by atoms with Crippen LogP contribution in [0.4, 0.5) is 0 Å². The molecule has 8 N–H and O–H groups in total. The Kier molecular flexibility index (Phi) is 15.0. The van der Waals surface area contributed by atoms with Gasteiger partial charge in [0.15, 0.2) is 0 Å². The maximum absolute atomic E-state index is 12.8. The van der Waals surface area contributed by atoms with E-state index in [2.05, 4.69) is 28.6 Å². The summed E-state index contributed by atoms with van der Waals surface area (Å²) in [4.78, 5) is 49.4. The number of carboxylic acid groups (broad SMARTS) is 1. The van der Waals surface area contributed by atoms with Crippen LogP contribution in [0.25, 0.3) is 0 Å². The summed E-state index contributed by atoms with van der Waals surface area (Å²) >= 11 is 4.14. The fourth-order valence-electron chi connectivity index (χ4n) is 2.97. The van der Waals surface area contributed by atoms with Gasteiger partial charge in [-0.15, -0.1) is 0 Å².